The maximum absolute atomic E-state index is 11.7. The fourth-order valence-corrected chi connectivity index (χ4v) is 1.68. The molecule has 2 aromatic carbocycles. The number of carbonyl (C=O) groups excluding carboxylic acids is 2. The Balaban J connectivity index is 2.07. The highest BCUT2D eigenvalue weighted by Crippen LogP contribution is 2.25. The summed E-state index contributed by atoms with van der Waals surface area (Å²) in [5, 5.41) is 1.80. The molecule has 0 amide bonds. The first-order valence-electron chi connectivity index (χ1n) is 6.09. The zero-order chi connectivity index (χ0) is 14.5. The summed E-state index contributed by atoms with van der Waals surface area (Å²) in [4.78, 5) is 22.8. The van der Waals surface area contributed by atoms with Gasteiger partial charge in [-0.2, -0.15) is 0 Å². The normalized spacial score (nSPS) is 10.1. The molecule has 0 saturated heterocycles. The summed E-state index contributed by atoms with van der Waals surface area (Å²) >= 11 is 0. The first-order chi connectivity index (χ1) is 9.58. The summed E-state index contributed by atoms with van der Waals surface area (Å²) in [6.07, 6.45) is 0. The Labute approximate surface area is 116 Å². The van der Waals surface area contributed by atoms with E-state index in [1.807, 2.05) is 30.3 Å². The minimum Gasteiger partial charge on any atom is -0.450 e. The minimum atomic E-state index is -0.629. The second kappa shape index (κ2) is 6.02. The second-order valence-corrected chi connectivity index (χ2v) is 4.31. The van der Waals surface area contributed by atoms with Crippen LogP contribution in [-0.2, 0) is 14.3 Å². The number of carbonyl (C=O) groups is 2. The van der Waals surface area contributed by atoms with Crippen LogP contribution in [0.1, 0.15) is 6.92 Å². The molecule has 20 heavy (non-hydrogen) atoms. The van der Waals surface area contributed by atoms with Gasteiger partial charge in [0.25, 0.3) is 0 Å². The minimum absolute atomic E-state index is 0.239. The third-order valence-corrected chi connectivity index (χ3v) is 2.64. The molecule has 0 N–H and O–H groups in total. The Bertz CT molecular complexity index is 668. The summed E-state index contributed by atoms with van der Waals surface area (Å²) in [5.41, 5.74) is 0.239. The Kier molecular flexibility index (Phi) is 4.15. The van der Waals surface area contributed by atoms with Crippen molar-refractivity contribution in [1.82, 2.24) is 0 Å². The Morgan fingerprint density at radius 1 is 1.10 bits per heavy atom. The van der Waals surface area contributed by atoms with Crippen LogP contribution in [0.4, 0.5) is 0 Å². The highest BCUT2D eigenvalue weighted by atomic mass is 16.6. The predicted octanol–water partition coefficient (Wildman–Crippen LogP) is 2.86. The molecule has 0 aliphatic heterocycles. The third kappa shape index (κ3) is 3.23. The van der Waals surface area contributed by atoms with Gasteiger partial charge in [-0.05, 0) is 18.4 Å². The lowest BCUT2D eigenvalue weighted by Crippen LogP contribution is -2.19. The molecule has 0 aliphatic rings. The van der Waals surface area contributed by atoms with Crippen LogP contribution in [0.15, 0.2) is 54.6 Å². The van der Waals surface area contributed by atoms with Gasteiger partial charge in [-0.25, -0.2) is 9.59 Å². The zero-order valence-electron chi connectivity index (χ0n) is 11.1. The standard InChI is InChI=1S/C16H14O4/c1-11(2)16(18)19-10-15(17)20-14-9-5-7-12-6-3-4-8-13(12)14/h3-9H,1,10H2,2H3. The molecular weight excluding hydrogens is 256 g/mol. The maximum atomic E-state index is 11.7. The Hall–Kier alpha value is -2.62. The van der Waals surface area contributed by atoms with E-state index < -0.39 is 18.5 Å². The van der Waals surface area contributed by atoms with Gasteiger partial charge in [-0.3, -0.25) is 0 Å². The number of rotatable bonds is 4. The lowest BCUT2D eigenvalue weighted by molar-refractivity contribution is -0.150. The van der Waals surface area contributed by atoms with Crippen LogP contribution >= 0.6 is 0 Å². The molecule has 102 valence electrons. The smallest absolute Gasteiger partial charge is 0.349 e. The number of fused-ring (bicyclic) bond motifs is 1. The van der Waals surface area contributed by atoms with Crippen molar-refractivity contribution >= 4 is 22.7 Å². The third-order valence-electron chi connectivity index (χ3n) is 2.64. The molecule has 0 heterocycles. The van der Waals surface area contributed by atoms with Gasteiger partial charge in [0, 0.05) is 11.0 Å². The van der Waals surface area contributed by atoms with Crippen LogP contribution in [0.25, 0.3) is 10.8 Å². The number of hydrogen-bond acceptors (Lipinski definition) is 4. The van der Waals surface area contributed by atoms with Crippen molar-refractivity contribution in [3.63, 3.8) is 0 Å². The zero-order valence-corrected chi connectivity index (χ0v) is 11.1. The molecule has 0 aromatic heterocycles. The fourth-order valence-electron chi connectivity index (χ4n) is 1.68. The molecule has 0 bridgehead atoms. The van der Waals surface area contributed by atoms with Gasteiger partial charge < -0.3 is 9.47 Å². The molecule has 4 nitrogen and oxygen atoms in total. The topological polar surface area (TPSA) is 52.6 Å². The van der Waals surface area contributed by atoms with Crippen LogP contribution in [-0.4, -0.2) is 18.5 Å². The Morgan fingerprint density at radius 3 is 2.55 bits per heavy atom. The number of benzene rings is 2. The first-order valence-corrected chi connectivity index (χ1v) is 6.09. The molecule has 0 unspecified atom stereocenters. The van der Waals surface area contributed by atoms with Crippen molar-refractivity contribution in [1.29, 1.82) is 0 Å². The largest absolute Gasteiger partial charge is 0.450 e. The van der Waals surface area contributed by atoms with E-state index in [1.165, 1.54) is 6.92 Å². The van der Waals surface area contributed by atoms with Crippen molar-refractivity contribution in [3.05, 3.63) is 54.6 Å². The van der Waals surface area contributed by atoms with Gasteiger partial charge in [0.1, 0.15) is 5.75 Å². The number of hydrogen-bond donors (Lipinski definition) is 0. The van der Waals surface area contributed by atoms with Crippen LogP contribution in [0.2, 0.25) is 0 Å². The summed E-state index contributed by atoms with van der Waals surface area (Å²) in [6, 6.07) is 13.0. The van der Waals surface area contributed by atoms with E-state index in [9.17, 15) is 9.59 Å². The summed E-state index contributed by atoms with van der Waals surface area (Å²) in [5.74, 6) is -0.796. The predicted molar refractivity (Wildman–Crippen MR) is 75.4 cm³/mol. The number of esters is 2. The van der Waals surface area contributed by atoms with Crippen molar-refractivity contribution in [2.75, 3.05) is 6.61 Å². The molecule has 0 saturated carbocycles. The SMILES string of the molecule is C=C(C)C(=O)OCC(=O)Oc1cccc2ccccc12. The quantitative estimate of drug-likeness (QED) is 0.487. The summed E-state index contributed by atoms with van der Waals surface area (Å²) in [6.45, 7) is 4.51. The van der Waals surface area contributed by atoms with Gasteiger partial charge in [-0.1, -0.05) is 43.0 Å². The van der Waals surface area contributed by atoms with Crippen LogP contribution < -0.4 is 4.74 Å². The Morgan fingerprint density at radius 2 is 1.80 bits per heavy atom. The van der Waals surface area contributed by atoms with Gasteiger partial charge in [0.2, 0.25) is 0 Å². The van der Waals surface area contributed by atoms with Crippen molar-refractivity contribution in [3.8, 4) is 5.75 Å². The van der Waals surface area contributed by atoms with E-state index in [4.69, 9.17) is 9.47 Å². The van der Waals surface area contributed by atoms with Gasteiger partial charge in [0.15, 0.2) is 6.61 Å². The molecule has 0 radical (unpaired) electrons. The summed E-state index contributed by atoms with van der Waals surface area (Å²) in [7, 11) is 0. The summed E-state index contributed by atoms with van der Waals surface area (Å²) < 4.78 is 9.95. The van der Waals surface area contributed by atoms with Crippen molar-refractivity contribution in [2.45, 2.75) is 6.92 Å². The van der Waals surface area contributed by atoms with E-state index in [-0.39, 0.29) is 5.57 Å². The van der Waals surface area contributed by atoms with Crippen LogP contribution in [0.3, 0.4) is 0 Å². The molecule has 0 aliphatic carbocycles. The lowest BCUT2D eigenvalue weighted by atomic mass is 10.1. The van der Waals surface area contributed by atoms with Gasteiger partial charge >= 0.3 is 11.9 Å². The van der Waals surface area contributed by atoms with Crippen molar-refractivity contribution in [2.24, 2.45) is 0 Å². The van der Waals surface area contributed by atoms with Crippen LogP contribution in [0, 0.1) is 0 Å². The van der Waals surface area contributed by atoms with E-state index in [1.54, 1.807) is 12.1 Å². The number of ether oxygens (including phenoxy) is 2. The van der Waals surface area contributed by atoms with Gasteiger partial charge in [0.05, 0.1) is 0 Å². The first kappa shape index (κ1) is 13.8. The molecule has 4 heteroatoms. The second-order valence-electron chi connectivity index (χ2n) is 4.31. The highest BCUT2D eigenvalue weighted by molar-refractivity contribution is 5.91. The molecule has 2 aromatic rings. The molecule has 0 spiro atoms. The van der Waals surface area contributed by atoms with E-state index in [0.29, 0.717) is 5.75 Å². The fraction of sp³-hybridized carbons (Fsp3) is 0.125. The molecule has 0 atom stereocenters. The highest BCUT2D eigenvalue weighted by Gasteiger charge is 2.11. The molecule has 0 fully saturated rings. The van der Waals surface area contributed by atoms with E-state index >= 15 is 0 Å². The molecule has 2 rings (SSSR count). The van der Waals surface area contributed by atoms with Gasteiger partial charge in [-0.15, -0.1) is 0 Å². The monoisotopic (exact) mass is 270 g/mol. The maximum Gasteiger partial charge on any atom is 0.349 e. The average Bonchev–Trinajstić information content (AvgIpc) is 2.45. The van der Waals surface area contributed by atoms with E-state index in [2.05, 4.69) is 6.58 Å². The molecular formula is C16H14O4. The lowest BCUT2D eigenvalue weighted by Gasteiger charge is -2.08. The van der Waals surface area contributed by atoms with Crippen molar-refractivity contribution < 1.29 is 19.1 Å². The average molecular weight is 270 g/mol. The van der Waals surface area contributed by atoms with E-state index in [0.717, 1.165) is 10.8 Å². The van der Waals surface area contributed by atoms with Crippen LogP contribution in [0.5, 0.6) is 5.75 Å².